The molecule has 10 nitrogen and oxygen atoms in total. The molecule has 4 rings (SSSR count). The van der Waals surface area contributed by atoms with Gasteiger partial charge < -0.3 is 19.7 Å². The Labute approximate surface area is 170 Å². The molecule has 0 aromatic carbocycles. The van der Waals surface area contributed by atoms with E-state index in [1.54, 1.807) is 19.9 Å². The van der Waals surface area contributed by atoms with E-state index in [1.807, 2.05) is 0 Å². The summed E-state index contributed by atoms with van der Waals surface area (Å²) in [5.41, 5.74) is 1.12. The van der Waals surface area contributed by atoms with Crippen molar-refractivity contribution in [1.82, 2.24) is 19.7 Å². The Hall–Kier alpha value is -3.08. The lowest BCUT2D eigenvalue weighted by Crippen LogP contribution is -2.46. The molecular weight excluding hydrogens is 398 g/mol. The predicted octanol–water partition coefficient (Wildman–Crippen LogP) is 0.675. The Morgan fingerprint density at radius 2 is 2.10 bits per heavy atom. The number of ether oxygens (including phenoxy) is 2. The molecule has 0 spiro atoms. The minimum atomic E-state index is -0.712. The van der Waals surface area contributed by atoms with Gasteiger partial charge in [0, 0.05) is 18.9 Å². The highest BCUT2D eigenvalue weighted by molar-refractivity contribution is 7.99. The number of rotatable bonds is 3. The van der Waals surface area contributed by atoms with E-state index < -0.39 is 17.5 Å². The van der Waals surface area contributed by atoms with Gasteiger partial charge in [0.05, 0.1) is 23.5 Å². The summed E-state index contributed by atoms with van der Waals surface area (Å²) in [5.74, 6) is 0.740. The van der Waals surface area contributed by atoms with Crippen molar-refractivity contribution < 1.29 is 19.1 Å². The van der Waals surface area contributed by atoms with E-state index in [0.29, 0.717) is 40.2 Å². The molecule has 2 aliphatic rings. The minimum absolute atomic E-state index is 0.0463. The normalized spacial score (nSPS) is 17.5. The number of fused-ring (bicyclic) bond motifs is 1. The Kier molecular flexibility index (Phi) is 4.91. The van der Waals surface area contributed by atoms with Crippen LogP contribution in [0, 0.1) is 13.8 Å². The van der Waals surface area contributed by atoms with Crippen LogP contribution in [0.25, 0.3) is 0 Å². The van der Waals surface area contributed by atoms with Crippen LogP contribution < -0.4 is 20.3 Å². The van der Waals surface area contributed by atoms with Gasteiger partial charge in [0.1, 0.15) is 11.6 Å². The van der Waals surface area contributed by atoms with Crippen LogP contribution in [0.4, 0.5) is 5.69 Å². The Balaban J connectivity index is 1.57. The fraction of sp³-hybridized carbons (Fsp3) is 0.389. The fourth-order valence-electron chi connectivity index (χ4n) is 3.19. The maximum absolute atomic E-state index is 13.2. The zero-order valence-corrected chi connectivity index (χ0v) is 16.9. The lowest BCUT2D eigenvalue weighted by Gasteiger charge is -2.24. The molecule has 2 amide bonds. The highest BCUT2D eigenvalue weighted by Gasteiger charge is 2.37. The van der Waals surface area contributed by atoms with Crippen LogP contribution >= 0.6 is 11.8 Å². The number of nitrogens with one attached hydrogen (secondary N) is 1. The van der Waals surface area contributed by atoms with Crippen LogP contribution in [0.1, 0.15) is 21.6 Å². The maximum Gasteiger partial charge on any atom is 0.279 e. The number of anilines is 1. The molecule has 0 radical (unpaired) electrons. The lowest BCUT2D eigenvalue weighted by atomic mass is 10.1. The molecule has 1 N–H and O–H groups in total. The summed E-state index contributed by atoms with van der Waals surface area (Å²) in [6.45, 7) is 3.51. The first-order chi connectivity index (χ1) is 13.9. The number of amides is 2. The van der Waals surface area contributed by atoms with Crippen molar-refractivity contribution >= 4 is 29.3 Å². The zero-order valence-electron chi connectivity index (χ0n) is 16.1. The third-order valence-electron chi connectivity index (χ3n) is 4.88. The number of aromatic nitrogens is 3. The van der Waals surface area contributed by atoms with Crippen molar-refractivity contribution in [2.24, 2.45) is 7.05 Å². The number of aryl methyl sites for hydroxylation is 2. The number of pyridine rings is 1. The van der Waals surface area contributed by atoms with Gasteiger partial charge >= 0.3 is 0 Å². The third-order valence-corrected chi connectivity index (χ3v) is 5.89. The van der Waals surface area contributed by atoms with E-state index in [2.05, 4.69) is 15.4 Å². The van der Waals surface area contributed by atoms with Crippen molar-refractivity contribution in [2.75, 3.05) is 23.7 Å². The molecule has 1 unspecified atom stereocenters. The SMILES string of the molecule is Cc1nn(C)c(=O)c(C(=O)N2CSCC2C(=O)Nc2cnc3c(c2)OCO3)c1C. The van der Waals surface area contributed by atoms with Gasteiger partial charge in [-0.25, -0.2) is 9.67 Å². The van der Waals surface area contributed by atoms with Crippen molar-refractivity contribution in [3.05, 3.63) is 39.4 Å². The van der Waals surface area contributed by atoms with E-state index in [0.717, 1.165) is 4.68 Å². The van der Waals surface area contributed by atoms with Crippen LogP contribution in [-0.4, -0.2) is 55.9 Å². The van der Waals surface area contributed by atoms with Gasteiger partial charge in [-0.2, -0.15) is 5.10 Å². The first-order valence-electron chi connectivity index (χ1n) is 8.86. The summed E-state index contributed by atoms with van der Waals surface area (Å²) in [4.78, 5) is 44.0. The van der Waals surface area contributed by atoms with E-state index in [4.69, 9.17) is 9.47 Å². The number of thioether (sulfide) groups is 1. The Morgan fingerprint density at radius 3 is 2.90 bits per heavy atom. The van der Waals surface area contributed by atoms with Crippen LogP contribution in [0.2, 0.25) is 0 Å². The molecule has 4 heterocycles. The standard InChI is InChI=1S/C18H19N5O5S/c1-9-10(2)21-22(3)17(25)14(9)18(26)23-7-29-6-12(23)15(24)20-11-4-13-16(19-5-11)28-8-27-13/h4-5,12H,6-8H2,1-3H3,(H,20,24). The van der Waals surface area contributed by atoms with Crippen molar-refractivity contribution in [1.29, 1.82) is 0 Å². The summed E-state index contributed by atoms with van der Waals surface area (Å²) < 4.78 is 11.6. The van der Waals surface area contributed by atoms with Crippen molar-refractivity contribution in [3.8, 4) is 11.6 Å². The van der Waals surface area contributed by atoms with Gasteiger partial charge in [0.25, 0.3) is 17.3 Å². The maximum atomic E-state index is 13.2. The summed E-state index contributed by atoms with van der Waals surface area (Å²) >= 11 is 1.45. The van der Waals surface area contributed by atoms with Gasteiger partial charge in [-0.1, -0.05) is 0 Å². The molecule has 0 saturated carbocycles. The molecule has 29 heavy (non-hydrogen) atoms. The first-order valence-corrected chi connectivity index (χ1v) is 10.0. The Bertz CT molecular complexity index is 1070. The molecule has 1 fully saturated rings. The molecule has 2 aliphatic heterocycles. The summed E-state index contributed by atoms with van der Waals surface area (Å²) in [7, 11) is 1.50. The number of hydrogen-bond acceptors (Lipinski definition) is 8. The number of carbonyl (C=O) groups is 2. The zero-order chi connectivity index (χ0) is 20.7. The minimum Gasteiger partial charge on any atom is -0.452 e. The molecular formula is C18H19N5O5S. The summed E-state index contributed by atoms with van der Waals surface area (Å²) in [6, 6.07) is 0.906. The highest BCUT2D eigenvalue weighted by Crippen LogP contribution is 2.32. The van der Waals surface area contributed by atoms with Crippen molar-refractivity contribution in [2.45, 2.75) is 19.9 Å². The highest BCUT2D eigenvalue weighted by atomic mass is 32.2. The van der Waals surface area contributed by atoms with E-state index in [-0.39, 0.29) is 18.3 Å². The first kappa shape index (κ1) is 19.2. The molecule has 152 valence electrons. The van der Waals surface area contributed by atoms with E-state index in [9.17, 15) is 14.4 Å². The monoisotopic (exact) mass is 417 g/mol. The average molecular weight is 417 g/mol. The topological polar surface area (TPSA) is 116 Å². The van der Waals surface area contributed by atoms with E-state index in [1.165, 1.54) is 29.9 Å². The van der Waals surface area contributed by atoms with Crippen LogP contribution in [-0.2, 0) is 11.8 Å². The number of nitrogens with zero attached hydrogens (tertiary/aromatic N) is 4. The lowest BCUT2D eigenvalue weighted by molar-refractivity contribution is -0.119. The molecule has 0 aliphatic carbocycles. The van der Waals surface area contributed by atoms with Crippen molar-refractivity contribution in [3.63, 3.8) is 0 Å². The van der Waals surface area contributed by atoms with Gasteiger partial charge in [0.15, 0.2) is 5.75 Å². The number of carbonyl (C=O) groups excluding carboxylic acids is 2. The molecule has 0 bridgehead atoms. The second-order valence-electron chi connectivity index (χ2n) is 6.73. The van der Waals surface area contributed by atoms with Crippen LogP contribution in [0.3, 0.4) is 0 Å². The van der Waals surface area contributed by atoms with Gasteiger partial charge in [-0.05, 0) is 19.4 Å². The molecule has 1 saturated heterocycles. The Morgan fingerprint density at radius 1 is 1.31 bits per heavy atom. The largest absolute Gasteiger partial charge is 0.452 e. The summed E-state index contributed by atoms with van der Waals surface area (Å²) in [5, 5.41) is 6.86. The average Bonchev–Trinajstić information content (AvgIpc) is 3.35. The third kappa shape index (κ3) is 3.41. The predicted molar refractivity (Wildman–Crippen MR) is 105 cm³/mol. The summed E-state index contributed by atoms with van der Waals surface area (Å²) in [6.07, 6.45) is 1.46. The molecule has 2 aromatic heterocycles. The van der Waals surface area contributed by atoms with Crippen LogP contribution in [0.5, 0.6) is 11.6 Å². The fourth-order valence-corrected chi connectivity index (χ4v) is 4.34. The quantitative estimate of drug-likeness (QED) is 0.775. The van der Waals surface area contributed by atoms with Gasteiger partial charge in [0.2, 0.25) is 12.7 Å². The van der Waals surface area contributed by atoms with Gasteiger partial charge in [-0.3, -0.25) is 14.4 Å². The van der Waals surface area contributed by atoms with Gasteiger partial charge in [-0.15, -0.1) is 11.8 Å². The molecule has 2 aromatic rings. The molecule has 11 heteroatoms. The smallest absolute Gasteiger partial charge is 0.279 e. The molecule has 1 atom stereocenters. The van der Waals surface area contributed by atoms with Crippen LogP contribution in [0.15, 0.2) is 17.1 Å². The second kappa shape index (κ2) is 7.39. The second-order valence-corrected chi connectivity index (χ2v) is 7.73. The number of hydrogen-bond donors (Lipinski definition) is 1. The van der Waals surface area contributed by atoms with E-state index >= 15 is 0 Å².